The van der Waals surface area contributed by atoms with E-state index in [9.17, 15) is 13.6 Å². The highest BCUT2D eigenvalue weighted by molar-refractivity contribution is 7.15. The molecule has 3 rings (SSSR count). The summed E-state index contributed by atoms with van der Waals surface area (Å²) in [5, 5.41) is 4.27. The van der Waals surface area contributed by atoms with Crippen LogP contribution in [0.4, 0.5) is 8.78 Å². The highest BCUT2D eigenvalue weighted by Gasteiger charge is 2.13. The van der Waals surface area contributed by atoms with Gasteiger partial charge in [-0.05, 0) is 23.7 Å². The van der Waals surface area contributed by atoms with Crippen molar-refractivity contribution in [3.8, 4) is 10.6 Å². The third-order valence-corrected chi connectivity index (χ3v) is 5.27. The van der Waals surface area contributed by atoms with Crippen molar-refractivity contribution in [2.75, 3.05) is 6.54 Å². The molecule has 0 fully saturated rings. The molecule has 138 valence electrons. The van der Waals surface area contributed by atoms with E-state index < -0.39 is 11.8 Å². The molecule has 0 radical (unpaired) electrons. The maximum atomic E-state index is 12.7. The summed E-state index contributed by atoms with van der Waals surface area (Å²) in [5.41, 5.74) is 5.35. The first-order chi connectivity index (χ1) is 12.4. The summed E-state index contributed by atoms with van der Waals surface area (Å²) in [6.45, 7) is -0.369. The van der Waals surface area contributed by atoms with Gasteiger partial charge in [0.05, 0.1) is 29.9 Å². The highest BCUT2D eigenvalue weighted by Crippen LogP contribution is 2.29. The van der Waals surface area contributed by atoms with Crippen LogP contribution in [0.2, 0.25) is 5.28 Å². The molecular weight excluding hydrogens is 386 g/mol. The number of imidazole rings is 1. The van der Waals surface area contributed by atoms with Crippen LogP contribution >= 0.6 is 22.9 Å². The van der Waals surface area contributed by atoms with Crippen molar-refractivity contribution >= 4 is 22.9 Å². The van der Waals surface area contributed by atoms with Crippen LogP contribution in [-0.4, -0.2) is 30.4 Å². The Labute approximate surface area is 155 Å². The van der Waals surface area contributed by atoms with Gasteiger partial charge in [0.25, 0.3) is 6.08 Å². The lowest BCUT2D eigenvalue weighted by Crippen LogP contribution is -2.27. The molecule has 0 saturated heterocycles. The van der Waals surface area contributed by atoms with Crippen LogP contribution in [0.1, 0.15) is 4.88 Å². The van der Waals surface area contributed by atoms with E-state index in [-0.39, 0.29) is 25.2 Å². The molecule has 0 aliphatic heterocycles. The molecule has 2 N–H and O–H groups in total. The van der Waals surface area contributed by atoms with E-state index >= 15 is 0 Å². The van der Waals surface area contributed by atoms with Gasteiger partial charge in [-0.2, -0.15) is 13.9 Å². The standard InChI is InChI=1S/C15H15ClF2N6OS/c1-22-11(5-20-14(22)16)12-3-2-10(26-12)7-23-8-21-24(15(23)25)6-9(4-19)13(17)18/h2-3,5,8H,4,6-7,19H2,1H3. The summed E-state index contributed by atoms with van der Waals surface area (Å²) in [6.07, 6.45) is 1.12. The van der Waals surface area contributed by atoms with E-state index in [1.165, 1.54) is 22.2 Å². The van der Waals surface area contributed by atoms with E-state index in [0.29, 0.717) is 5.28 Å². The average molecular weight is 401 g/mol. The molecule has 0 aliphatic rings. The van der Waals surface area contributed by atoms with Crippen LogP contribution in [0.15, 0.2) is 41.1 Å². The number of thiophene rings is 1. The monoisotopic (exact) mass is 400 g/mol. The topological polar surface area (TPSA) is 83.7 Å². The van der Waals surface area contributed by atoms with Gasteiger partial charge < -0.3 is 10.3 Å². The van der Waals surface area contributed by atoms with Crippen molar-refractivity contribution in [3.63, 3.8) is 0 Å². The smallest absolute Gasteiger partial charge is 0.327 e. The van der Waals surface area contributed by atoms with Gasteiger partial charge in [0.2, 0.25) is 5.28 Å². The predicted octanol–water partition coefficient (Wildman–Crippen LogP) is 2.32. The van der Waals surface area contributed by atoms with Crippen molar-refractivity contribution in [3.05, 3.63) is 57.0 Å². The third kappa shape index (κ3) is 3.62. The highest BCUT2D eigenvalue weighted by atomic mass is 35.5. The Balaban J connectivity index is 1.80. The number of hydrogen-bond acceptors (Lipinski definition) is 5. The Morgan fingerprint density at radius 2 is 2.15 bits per heavy atom. The lowest BCUT2D eigenvalue weighted by atomic mass is 10.3. The molecule has 0 aliphatic carbocycles. The fraction of sp³-hybridized carbons (Fsp3) is 0.267. The second-order valence-electron chi connectivity index (χ2n) is 5.50. The van der Waals surface area contributed by atoms with Gasteiger partial charge in [-0.15, -0.1) is 11.3 Å². The average Bonchev–Trinajstić information content (AvgIpc) is 3.29. The number of nitrogens with two attached hydrogens (primary N) is 1. The summed E-state index contributed by atoms with van der Waals surface area (Å²) >= 11 is 7.43. The normalized spacial score (nSPS) is 11.1. The minimum absolute atomic E-state index is 0.287. The molecule has 0 amide bonds. The molecule has 3 heterocycles. The molecule has 26 heavy (non-hydrogen) atoms. The van der Waals surface area contributed by atoms with E-state index in [1.54, 1.807) is 10.8 Å². The number of aromatic nitrogens is 5. The summed E-state index contributed by atoms with van der Waals surface area (Å²) < 4.78 is 29.5. The SMILES string of the molecule is Cn1c(-c2ccc(Cn3cnn(CC(CN)=C(F)F)c3=O)s2)cnc1Cl. The first-order valence-corrected chi connectivity index (χ1v) is 8.71. The molecule has 3 aromatic heterocycles. The third-order valence-electron chi connectivity index (χ3n) is 3.82. The Bertz CT molecular complexity index is 1010. The maximum Gasteiger partial charge on any atom is 0.346 e. The van der Waals surface area contributed by atoms with E-state index in [4.69, 9.17) is 17.3 Å². The lowest BCUT2D eigenvalue weighted by molar-refractivity contribution is 0.400. The van der Waals surface area contributed by atoms with Crippen LogP contribution in [0.3, 0.4) is 0 Å². The first-order valence-electron chi connectivity index (χ1n) is 7.52. The van der Waals surface area contributed by atoms with Gasteiger partial charge in [-0.3, -0.25) is 4.57 Å². The molecule has 7 nitrogen and oxygen atoms in total. The van der Waals surface area contributed by atoms with Gasteiger partial charge in [-0.1, -0.05) is 0 Å². The quantitative estimate of drug-likeness (QED) is 0.688. The minimum atomic E-state index is -1.88. The maximum absolute atomic E-state index is 12.7. The number of hydrogen-bond donors (Lipinski definition) is 1. The second kappa shape index (κ2) is 7.52. The van der Waals surface area contributed by atoms with Crippen molar-refractivity contribution in [1.29, 1.82) is 0 Å². The van der Waals surface area contributed by atoms with Crippen LogP contribution in [0, 0.1) is 0 Å². The number of nitrogens with zero attached hydrogens (tertiary/aromatic N) is 5. The van der Waals surface area contributed by atoms with Gasteiger partial charge in [-0.25, -0.2) is 14.5 Å². The van der Waals surface area contributed by atoms with Crippen LogP contribution < -0.4 is 11.4 Å². The molecule has 0 saturated carbocycles. The van der Waals surface area contributed by atoms with Gasteiger partial charge in [0, 0.05) is 24.0 Å². The van der Waals surface area contributed by atoms with Crippen molar-refractivity contribution < 1.29 is 8.78 Å². The molecule has 0 spiro atoms. The second-order valence-corrected chi connectivity index (χ2v) is 7.01. The zero-order valence-corrected chi connectivity index (χ0v) is 15.3. The Hall–Kier alpha value is -2.30. The molecule has 0 unspecified atom stereocenters. The van der Waals surface area contributed by atoms with Crippen molar-refractivity contribution in [1.82, 2.24) is 23.9 Å². The molecule has 0 bridgehead atoms. The Morgan fingerprint density at radius 1 is 1.38 bits per heavy atom. The first kappa shape index (κ1) is 18.5. The summed E-state index contributed by atoms with van der Waals surface area (Å²) in [6, 6.07) is 3.80. The van der Waals surface area contributed by atoms with E-state index in [1.807, 2.05) is 19.2 Å². The fourth-order valence-electron chi connectivity index (χ4n) is 2.36. The van der Waals surface area contributed by atoms with Crippen molar-refractivity contribution in [2.24, 2.45) is 12.8 Å². The summed E-state index contributed by atoms with van der Waals surface area (Å²) in [7, 11) is 1.81. The van der Waals surface area contributed by atoms with Gasteiger partial charge >= 0.3 is 5.69 Å². The Kier molecular flexibility index (Phi) is 5.35. The summed E-state index contributed by atoms with van der Waals surface area (Å²) in [5.74, 6) is 0. The van der Waals surface area contributed by atoms with Crippen LogP contribution in [-0.2, 0) is 20.1 Å². The van der Waals surface area contributed by atoms with Crippen LogP contribution in [0.25, 0.3) is 10.6 Å². The number of halogens is 3. The zero-order valence-electron chi connectivity index (χ0n) is 13.7. The molecular formula is C15H15ClF2N6OS. The van der Waals surface area contributed by atoms with Gasteiger partial charge in [0.1, 0.15) is 6.33 Å². The lowest BCUT2D eigenvalue weighted by Gasteiger charge is -2.02. The van der Waals surface area contributed by atoms with E-state index in [0.717, 1.165) is 20.1 Å². The van der Waals surface area contributed by atoms with Crippen molar-refractivity contribution in [2.45, 2.75) is 13.1 Å². The summed E-state index contributed by atoms with van der Waals surface area (Å²) in [4.78, 5) is 18.2. The number of rotatable bonds is 6. The molecule has 0 atom stereocenters. The fourth-order valence-corrected chi connectivity index (χ4v) is 3.55. The van der Waals surface area contributed by atoms with Gasteiger partial charge in [0.15, 0.2) is 0 Å². The van der Waals surface area contributed by atoms with Crippen LogP contribution in [0.5, 0.6) is 0 Å². The molecule has 0 aromatic carbocycles. The minimum Gasteiger partial charge on any atom is -0.327 e. The Morgan fingerprint density at radius 3 is 2.77 bits per heavy atom. The predicted molar refractivity (Wildman–Crippen MR) is 95.4 cm³/mol. The molecule has 11 heteroatoms. The molecule has 3 aromatic rings. The zero-order chi connectivity index (χ0) is 18.8. The van der Waals surface area contributed by atoms with E-state index in [2.05, 4.69) is 10.1 Å². The largest absolute Gasteiger partial charge is 0.346 e.